The van der Waals surface area contributed by atoms with Crippen molar-refractivity contribution in [3.8, 4) is 0 Å². The molecule has 12 heavy (non-hydrogen) atoms. The highest BCUT2D eigenvalue weighted by atomic mass is 35.5. The molecule has 1 N–H and O–H groups in total. The van der Waals surface area contributed by atoms with Crippen LogP contribution in [0.15, 0.2) is 18.2 Å². The van der Waals surface area contributed by atoms with E-state index in [1.165, 1.54) is 5.56 Å². The van der Waals surface area contributed by atoms with Gasteiger partial charge in [-0.05, 0) is 42.7 Å². The summed E-state index contributed by atoms with van der Waals surface area (Å²) in [5.74, 6) is 0. The van der Waals surface area contributed by atoms with Crippen molar-refractivity contribution in [3.63, 3.8) is 0 Å². The van der Waals surface area contributed by atoms with E-state index in [9.17, 15) is 0 Å². The second-order valence-electron chi connectivity index (χ2n) is 2.83. The number of halogens is 1. The fourth-order valence-electron chi connectivity index (χ4n) is 1.07. The zero-order chi connectivity index (χ0) is 9.14. The molecular weight excluding hydrogens is 170 g/mol. The number of aryl methyl sites for hydroxylation is 1. The molecule has 1 nitrogen and oxygen atoms in total. The average Bonchev–Trinajstić information content (AvgIpc) is 2.03. The van der Waals surface area contributed by atoms with Crippen molar-refractivity contribution >= 4 is 17.3 Å². The Kier molecular flexibility index (Phi) is 2.88. The fourth-order valence-corrected chi connectivity index (χ4v) is 1.33. The lowest BCUT2D eigenvalue weighted by Crippen LogP contribution is -1.93. The van der Waals surface area contributed by atoms with Crippen molar-refractivity contribution in [3.05, 3.63) is 34.3 Å². The largest absolute Gasteiger partial charge is 0.305 e. The first-order valence-electron chi connectivity index (χ1n) is 3.98. The Labute approximate surface area is 77.9 Å². The topological polar surface area (TPSA) is 23.9 Å². The van der Waals surface area contributed by atoms with E-state index in [-0.39, 0.29) is 0 Å². The molecule has 0 aromatic heterocycles. The van der Waals surface area contributed by atoms with Crippen LogP contribution in [0.25, 0.3) is 0 Å². The number of rotatable bonds is 2. The summed E-state index contributed by atoms with van der Waals surface area (Å²) in [5.41, 5.74) is 2.66. The van der Waals surface area contributed by atoms with Gasteiger partial charge in [0.2, 0.25) is 0 Å². The molecule has 0 spiro atoms. The molecule has 0 fully saturated rings. The lowest BCUT2D eigenvalue weighted by molar-refractivity contribution is 1.14. The van der Waals surface area contributed by atoms with Gasteiger partial charge in [-0.2, -0.15) is 0 Å². The van der Waals surface area contributed by atoms with E-state index < -0.39 is 0 Å². The molecule has 64 valence electrons. The molecule has 0 bridgehead atoms. The van der Waals surface area contributed by atoms with E-state index in [0.717, 1.165) is 17.0 Å². The summed E-state index contributed by atoms with van der Waals surface area (Å²) < 4.78 is 0. The van der Waals surface area contributed by atoms with E-state index in [1.54, 1.807) is 6.92 Å². The fraction of sp³-hybridized carbons (Fsp3) is 0.300. The molecule has 0 aliphatic heterocycles. The minimum atomic E-state index is 0.562. The van der Waals surface area contributed by atoms with Gasteiger partial charge in [-0.25, -0.2) is 0 Å². The number of hydrogen-bond acceptors (Lipinski definition) is 1. The minimum Gasteiger partial charge on any atom is -0.305 e. The molecule has 1 rings (SSSR count). The third kappa shape index (κ3) is 2.08. The first kappa shape index (κ1) is 9.27. The molecule has 0 amide bonds. The molecule has 0 atom stereocenters. The maximum atomic E-state index is 7.45. The Bertz CT molecular complexity index is 305. The van der Waals surface area contributed by atoms with E-state index in [2.05, 4.69) is 6.92 Å². The van der Waals surface area contributed by atoms with Gasteiger partial charge in [0.25, 0.3) is 0 Å². The van der Waals surface area contributed by atoms with Crippen molar-refractivity contribution in [1.82, 2.24) is 0 Å². The van der Waals surface area contributed by atoms with Gasteiger partial charge in [-0.3, -0.25) is 0 Å². The monoisotopic (exact) mass is 181 g/mol. The standard InChI is InChI=1S/C10H12ClN/c1-3-8-4-9(7(2)12)6-10(11)5-8/h4-6,12H,3H2,1-2H3. The number of hydrogen-bond donors (Lipinski definition) is 1. The smallest absolute Gasteiger partial charge is 0.0415 e. The third-order valence-corrected chi connectivity index (χ3v) is 2.02. The summed E-state index contributed by atoms with van der Waals surface area (Å²) in [4.78, 5) is 0. The Balaban J connectivity index is 3.15. The van der Waals surface area contributed by atoms with Crippen LogP contribution in [0.3, 0.4) is 0 Å². The molecule has 0 saturated heterocycles. The maximum absolute atomic E-state index is 7.45. The Hall–Kier alpha value is -0.820. The van der Waals surface area contributed by atoms with E-state index in [4.69, 9.17) is 17.0 Å². The summed E-state index contributed by atoms with van der Waals surface area (Å²) >= 11 is 5.88. The Morgan fingerprint density at radius 2 is 2.08 bits per heavy atom. The summed E-state index contributed by atoms with van der Waals surface area (Å²) in [6.07, 6.45) is 0.959. The zero-order valence-electron chi connectivity index (χ0n) is 7.32. The van der Waals surface area contributed by atoms with Crippen molar-refractivity contribution < 1.29 is 0 Å². The van der Waals surface area contributed by atoms with Crippen LogP contribution in [-0.4, -0.2) is 5.71 Å². The van der Waals surface area contributed by atoms with Crippen molar-refractivity contribution in [2.45, 2.75) is 20.3 Å². The molecular formula is C10H12ClN. The van der Waals surface area contributed by atoms with Gasteiger partial charge >= 0.3 is 0 Å². The molecule has 1 aromatic rings. The van der Waals surface area contributed by atoms with Gasteiger partial charge in [-0.15, -0.1) is 0 Å². The van der Waals surface area contributed by atoms with Crippen molar-refractivity contribution in [1.29, 1.82) is 5.41 Å². The quantitative estimate of drug-likeness (QED) is 0.678. The van der Waals surface area contributed by atoms with Crippen LogP contribution in [0.4, 0.5) is 0 Å². The van der Waals surface area contributed by atoms with Gasteiger partial charge in [0.05, 0.1) is 0 Å². The highest BCUT2D eigenvalue weighted by molar-refractivity contribution is 6.31. The van der Waals surface area contributed by atoms with Crippen molar-refractivity contribution in [2.75, 3.05) is 0 Å². The number of benzene rings is 1. The molecule has 0 aliphatic carbocycles. The molecule has 0 aliphatic rings. The predicted molar refractivity (Wildman–Crippen MR) is 53.3 cm³/mol. The maximum Gasteiger partial charge on any atom is 0.0415 e. The van der Waals surface area contributed by atoms with Crippen LogP contribution in [0.1, 0.15) is 25.0 Å². The minimum absolute atomic E-state index is 0.562. The molecule has 0 unspecified atom stereocenters. The molecule has 0 heterocycles. The number of nitrogens with one attached hydrogen (secondary N) is 1. The predicted octanol–water partition coefficient (Wildman–Crippen LogP) is 3.29. The lowest BCUT2D eigenvalue weighted by Gasteiger charge is -2.02. The summed E-state index contributed by atoms with van der Waals surface area (Å²) in [5, 5.41) is 8.16. The van der Waals surface area contributed by atoms with Crippen LogP contribution in [0.5, 0.6) is 0 Å². The SMILES string of the molecule is CCc1cc(Cl)cc(C(C)=N)c1. The normalized spacial score (nSPS) is 9.92. The summed E-state index contributed by atoms with van der Waals surface area (Å²) in [6, 6.07) is 5.77. The Morgan fingerprint density at radius 3 is 2.58 bits per heavy atom. The van der Waals surface area contributed by atoms with Crippen LogP contribution >= 0.6 is 11.6 Å². The average molecular weight is 182 g/mol. The van der Waals surface area contributed by atoms with Crippen LogP contribution < -0.4 is 0 Å². The highest BCUT2D eigenvalue weighted by Gasteiger charge is 1.99. The molecule has 0 radical (unpaired) electrons. The first-order chi connectivity index (χ1) is 5.63. The summed E-state index contributed by atoms with van der Waals surface area (Å²) in [6.45, 7) is 3.85. The van der Waals surface area contributed by atoms with E-state index >= 15 is 0 Å². The lowest BCUT2D eigenvalue weighted by atomic mass is 10.1. The van der Waals surface area contributed by atoms with Gasteiger partial charge in [0.15, 0.2) is 0 Å². The van der Waals surface area contributed by atoms with E-state index in [0.29, 0.717) is 5.71 Å². The third-order valence-electron chi connectivity index (χ3n) is 1.80. The van der Waals surface area contributed by atoms with Gasteiger partial charge in [-0.1, -0.05) is 18.5 Å². The molecule has 1 aromatic carbocycles. The van der Waals surface area contributed by atoms with E-state index in [1.807, 2.05) is 18.2 Å². The highest BCUT2D eigenvalue weighted by Crippen LogP contribution is 2.15. The van der Waals surface area contributed by atoms with Crippen LogP contribution in [0.2, 0.25) is 5.02 Å². The molecule has 2 heteroatoms. The van der Waals surface area contributed by atoms with Gasteiger partial charge in [0.1, 0.15) is 0 Å². The second-order valence-corrected chi connectivity index (χ2v) is 3.26. The first-order valence-corrected chi connectivity index (χ1v) is 4.36. The van der Waals surface area contributed by atoms with Gasteiger partial charge < -0.3 is 5.41 Å². The Morgan fingerprint density at radius 1 is 1.42 bits per heavy atom. The van der Waals surface area contributed by atoms with Crippen LogP contribution in [0, 0.1) is 5.41 Å². The summed E-state index contributed by atoms with van der Waals surface area (Å²) in [7, 11) is 0. The zero-order valence-corrected chi connectivity index (χ0v) is 8.07. The van der Waals surface area contributed by atoms with Crippen molar-refractivity contribution in [2.24, 2.45) is 0 Å². The van der Waals surface area contributed by atoms with Gasteiger partial charge in [0, 0.05) is 10.7 Å². The second kappa shape index (κ2) is 3.72. The van der Waals surface area contributed by atoms with Crippen LogP contribution in [-0.2, 0) is 6.42 Å². The molecule has 0 saturated carbocycles.